The van der Waals surface area contributed by atoms with Gasteiger partial charge < -0.3 is 14.6 Å². The molecule has 1 atom stereocenters. The second kappa shape index (κ2) is 4.82. The minimum absolute atomic E-state index is 0.0251. The van der Waals surface area contributed by atoms with E-state index in [1.165, 1.54) is 0 Å². The maximum atomic E-state index is 11.1. The van der Waals surface area contributed by atoms with Gasteiger partial charge in [0.1, 0.15) is 0 Å². The highest BCUT2D eigenvalue weighted by Crippen LogP contribution is 2.39. The Labute approximate surface area is 110 Å². The van der Waals surface area contributed by atoms with Gasteiger partial charge in [-0.05, 0) is 46.0 Å². The molecule has 1 aliphatic heterocycles. The molecule has 1 heterocycles. The number of carboxylic acid groups (broad SMARTS) is 1. The number of carbonyl (C=O) groups is 1. The molecule has 1 aliphatic rings. The van der Waals surface area contributed by atoms with Crippen molar-refractivity contribution in [2.75, 3.05) is 6.61 Å². The fourth-order valence-corrected chi connectivity index (χ4v) is 1.97. The molecule has 1 saturated heterocycles. The molecule has 4 nitrogen and oxygen atoms in total. The summed E-state index contributed by atoms with van der Waals surface area (Å²) in [4.78, 5) is 11.1. The Balaban J connectivity index is 2.58. The van der Waals surface area contributed by atoms with Gasteiger partial charge in [-0.3, -0.25) is 4.79 Å². The Hall–Kier alpha value is -0.610. The molecule has 1 rings (SSSR count). The molecule has 0 bridgehead atoms. The summed E-state index contributed by atoms with van der Waals surface area (Å²) in [5.41, 5.74) is -0.771. The van der Waals surface area contributed by atoms with E-state index >= 15 is 0 Å². The first-order chi connectivity index (χ1) is 7.96. The number of hydrogen-bond acceptors (Lipinski definition) is 3. The van der Waals surface area contributed by atoms with Gasteiger partial charge in [0, 0.05) is 0 Å². The van der Waals surface area contributed by atoms with E-state index in [-0.39, 0.29) is 11.5 Å². The van der Waals surface area contributed by atoms with Crippen molar-refractivity contribution in [1.82, 2.24) is 0 Å². The van der Waals surface area contributed by atoms with E-state index < -0.39 is 17.2 Å². The Morgan fingerprint density at radius 2 is 1.83 bits per heavy atom. The summed E-state index contributed by atoms with van der Waals surface area (Å²) in [5, 5.41) is 9.13. The molecule has 0 saturated carbocycles. The molecule has 0 radical (unpaired) electrons. The van der Waals surface area contributed by atoms with E-state index in [1.54, 1.807) is 13.8 Å². The van der Waals surface area contributed by atoms with Crippen LogP contribution in [0.1, 0.15) is 54.4 Å². The molecule has 106 valence electrons. The van der Waals surface area contributed by atoms with Crippen molar-refractivity contribution in [3.63, 3.8) is 0 Å². The Kier molecular flexibility index (Phi) is 4.13. The zero-order valence-corrected chi connectivity index (χ0v) is 12.4. The highest BCUT2D eigenvalue weighted by molar-refractivity contribution is 5.73. The normalized spacial score (nSPS) is 24.2. The average Bonchev–Trinajstić information content (AvgIpc) is 2.57. The van der Waals surface area contributed by atoms with E-state index in [9.17, 15) is 4.79 Å². The van der Waals surface area contributed by atoms with Crippen molar-refractivity contribution in [3.05, 3.63) is 0 Å². The van der Waals surface area contributed by atoms with Gasteiger partial charge >= 0.3 is 5.97 Å². The fraction of sp³-hybridized carbons (Fsp3) is 0.929. The Morgan fingerprint density at radius 3 is 2.22 bits per heavy atom. The van der Waals surface area contributed by atoms with Crippen LogP contribution in [0.3, 0.4) is 0 Å². The molecule has 0 aliphatic carbocycles. The van der Waals surface area contributed by atoms with Gasteiger partial charge in [0.2, 0.25) is 0 Å². The monoisotopic (exact) mass is 258 g/mol. The van der Waals surface area contributed by atoms with Gasteiger partial charge in [0.05, 0.1) is 18.1 Å². The van der Waals surface area contributed by atoms with Crippen molar-refractivity contribution in [1.29, 1.82) is 0 Å². The van der Waals surface area contributed by atoms with E-state index in [0.717, 1.165) is 6.42 Å². The maximum absolute atomic E-state index is 11.1. The quantitative estimate of drug-likeness (QED) is 0.823. The molecule has 1 N–H and O–H groups in total. The fourth-order valence-electron chi connectivity index (χ4n) is 1.97. The molecule has 1 fully saturated rings. The van der Waals surface area contributed by atoms with Crippen LogP contribution in [0.15, 0.2) is 0 Å². The largest absolute Gasteiger partial charge is 0.481 e. The summed E-state index contributed by atoms with van der Waals surface area (Å²) in [6.07, 6.45) is 1.46. The molecular formula is C14H26O4. The summed E-state index contributed by atoms with van der Waals surface area (Å²) in [7, 11) is 0. The number of carboxylic acids is 1. The summed E-state index contributed by atoms with van der Waals surface area (Å²) in [5.74, 6) is -1.27. The van der Waals surface area contributed by atoms with Crippen LogP contribution < -0.4 is 0 Å². The first kappa shape index (κ1) is 15.4. The van der Waals surface area contributed by atoms with E-state index in [1.807, 2.05) is 13.8 Å². The first-order valence-electron chi connectivity index (χ1n) is 6.51. The summed E-state index contributed by atoms with van der Waals surface area (Å²) in [6, 6.07) is 0. The van der Waals surface area contributed by atoms with Crippen LogP contribution >= 0.6 is 0 Å². The molecule has 18 heavy (non-hydrogen) atoms. The predicted octanol–water partition coefficient (Wildman–Crippen LogP) is 3.06. The SMILES string of the molecule is CC1(C)OCC(C(C)(C)CCC(C)(C)C(=O)O)O1. The smallest absolute Gasteiger partial charge is 0.309 e. The molecule has 0 amide bonds. The summed E-state index contributed by atoms with van der Waals surface area (Å²) in [6.45, 7) is 12.1. The first-order valence-corrected chi connectivity index (χ1v) is 6.51. The highest BCUT2D eigenvalue weighted by Gasteiger charge is 2.42. The van der Waals surface area contributed by atoms with E-state index in [2.05, 4.69) is 13.8 Å². The van der Waals surface area contributed by atoms with Gasteiger partial charge in [-0.25, -0.2) is 0 Å². The van der Waals surface area contributed by atoms with Crippen molar-refractivity contribution in [2.45, 2.75) is 66.3 Å². The van der Waals surface area contributed by atoms with Crippen LogP contribution in [0.4, 0.5) is 0 Å². The second-order valence-electron chi connectivity index (χ2n) is 6.99. The molecule has 0 aromatic carbocycles. The van der Waals surface area contributed by atoms with Crippen molar-refractivity contribution < 1.29 is 19.4 Å². The third kappa shape index (κ3) is 3.69. The second-order valence-corrected chi connectivity index (χ2v) is 6.99. The van der Waals surface area contributed by atoms with Crippen molar-refractivity contribution >= 4 is 5.97 Å². The topological polar surface area (TPSA) is 55.8 Å². The minimum Gasteiger partial charge on any atom is -0.481 e. The van der Waals surface area contributed by atoms with Gasteiger partial charge in [0.25, 0.3) is 0 Å². The minimum atomic E-state index is -0.748. The van der Waals surface area contributed by atoms with E-state index in [4.69, 9.17) is 14.6 Å². The zero-order chi connectivity index (χ0) is 14.2. The molecule has 0 aromatic heterocycles. The van der Waals surface area contributed by atoms with Gasteiger partial charge in [-0.1, -0.05) is 13.8 Å². The number of aliphatic carboxylic acids is 1. The van der Waals surface area contributed by atoms with Crippen LogP contribution in [-0.4, -0.2) is 29.6 Å². The van der Waals surface area contributed by atoms with Crippen LogP contribution in [0.25, 0.3) is 0 Å². The third-order valence-corrected chi connectivity index (χ3v) is 3.85. The highest BCUT2D eigenvalue weighted by atomic mass is 16.7. The maximum Gasteiger partial charge on any atom is 0.309 e. The lowest BCUT2D eigenvalue weighted by Gasteiger charge is -2.33. The van der Waals surface area contributed by atoms with Crippen molar-refractivity contribution in [3.8, 4) is 0 Å². The lowest BCUT2D eigenvalue weighted by molar-refractivity contribution is -0.155. The number of rotatable bonds is 5. The predicted molar refractivity (Wildman–Crippen MR) is 69.3 cm³/mol. The molecule has 1 unspecified atom stereocenters. The van der Waals surface area contributed by atoms with Crippen LogP contribution in [0.5, 0.6) is 0 Å². The number of hydrogen-bond donors (Lipinski definition) is 1. The summed E-state index contributed by atoms with van der Waals surface area (Å²) < 4.78 is 11.4. The Bertz CT molecular complexity index is 318. The number of ether oxygens (including phenoxy) is 2. The zero-order valence-electron chi connectivity index (χ0n) is 12.4. The average molecular weight is 258 g/mol. The molecular weight excluding hydrogens is 232 g/mol. The lowest BCUT2D eigenvalue weighted by Crippen LogP contribution is -2.35. The van der Waals surface area contributed by atoms with Crippen LogP contribution in [-0.2, 0) is 14.3 Å². The van der Waals surface area contributed by atoms with Gasteiger partial charge in [-0.2, -0.15) is 0 Å². The summed E-state index contributed by atoms with van der Waals surface area (Å²) >= 11 is 0. The Morgan fingerprint density at radius 1 is 1.28 bits per heavy atom. The van der Waals surface area contributed by atoms with Gasteiger partial charge in [0.15, 0.2) is 5.79 Å². The third-order valence-electron chi connectivity index (χ3n) is 3.85. The van der Waals surface area contributed by atoms with Crippen LogP contribution in [0.2, 0.25) is 0 Å². The van der Waals surface area contributed by atoms with Crippen LogP contribution in [0, 0.1) is 10.8 Å². The lowest BCUT2D eigenvalue weighted by atomic mass is 9.76. The standard InChI is InChI=1S/C14H26O4/c1-12(2,7-8-13(3,4)11(15)16)10-9-17-14(5,6)18-10/h10H,7-9H2,1-6H3,(H,15,16). The molecule has 4 heteroatoms. The van der Waals surface area contributed by atoms with Gasteiger partial charge in [-0.15, -0.1) is 0 Å². The van der Waals surface area contributed by atoms with E-state index in [0.29, 0.717) is 13.0 Å². The molecule has 0 aromatic rings. The van der Waals surface area contributed by atoms with Crippen molar-refractivity contribution in [2.24, 2.45) is 10.8 Å². The molecule has 0 spiro atoms.